The normalized spacial score (nSPS) is 10.0. The van der Waals surface area contributed by atoms with Crippen molar-refractivity contribution < 1.29 is 19.4 Å². The number of hydrogen-bond donors (Lipinski definition) is 3. The average molecular weight is 288 g/mol. The summed E-state index contributed by atoms with van der Waals surface area (Å²) < 4.78 is 10.1. The molecule has 6 heteroatoms. The van der Waals surface area contributed by atoms with Crippen molar-refractivity contribution in [2.24, 2.45) is 0 Å². The van der Waals surface area contributed by atoms with Crippen LogP contribution in [0.4, 0.5) is 11.4 Å². The van der Waals surface area contributed by atoms with Gasteiger partial charge in [-0.3, -0.25) is 4.79 Å². The fourth-order valence-corrected chi connectivity index (χ4v) is 1.85. The lowest BCUT2D eigenvalue weighted by molar-refractivity contribution is 0.102. The number of carbonyl (C=O) groups excluding carboxylic acids is 1. The van der Waals surface area contributed by atoms with E-state index in [2.05, 4.69) is 5.32 Å². The van der Waals surface area contributed by atoms with E-state index in [1.54, 1.807) is 24.3 Å². The molecular formula is C15H16N2O4. The fourth-order valence-electron chi connectivity index (χ4n) is 1.85. The second-order valence-corrected chi connectivity index (χ2v) is 4.30. The van der Waals surface area contributed by atoms with Crippen LogP contribution in [0.3, 0.4) is 0 Å². The van der Waals surface area contributed by atoms with Crippen molar-refractivity contribution in [1.82, 2.24) is 0 Å². The van der Waals surface area contributed by atoms with Crippen molar-refractivity contribution in [3.8, 4) is 17.2 Å². The van der Waals surface area contributed by atoms with Crippen molar-refractivity contribution >= 4 is 17.3 Å². The predicted octanol–water partition coefficient (Wildman–Crippen LogP) is 2.24. The third kappa shape index (κ3) is 3.17. The number of anilines is 2. The highest BCUT2D eigenvalue weighted by atomic mass is 16.5. The lowest BCUT2D eigenvalue weighted by atomic mass is 10.1. The van der Waals surface area contributed by atoms with Gasteiger partial charge in [-0.15, -0.1) is 0 Å². The van der Waals surface area contributed by atoms with Gasteiger partial charge in [0.25, 0.3) is 5.91 Å². The first-order valence-electron chi connectivity index (χ1n) is 6.17. The highest BCUT2D eigenvalue weighted by molar-refractivity contribution is 6.05. The molecule has 2 aromatic carbocycles. The third-order valence-corrected chi connectivity index (χ3v) is 2.91. The molecule has 110 valence electrons. The molecule has 0 atom stereocenters. The van der Waals surface area contributed by atoms with Gasteiger partial charge in [-0.25, -0.2) is 0 Å². The maximum Gasteiger partial charge on any atom is 0.255 e. The van der Waals surface area contributed by atoms with Gasteiger partial charge >= 0.3 is 0 Å². The first-order valence-corrected chi connectivity index (χ1v) is 6.17. The van der Waals surface area contributed by atoms with Gasteiger partial charge < -0.3 is 25.6 Å². The zero-order valence-corrected chi connectivity index (χ0v) is 11.7. The molecular weight excluding hydrogens is 272 g/mol. The van der Waals surface area contributed by atoms with Gasteiger partial charge in [0, 0.05) is 11.3 Å². The van der Waals surface area contributed by atoms with Crippen LogP contribution in [0, 0.1) is 0 Å². The number of nitrogen functional groups attached to an aromatic ring is 1. The minimum absolute atomic E-state index is 0.107. The first kappa shape index (κ1) is 14.5. The SMILES string of the molecule is COc1ccc(C(=O)Nc2cc(N)ccc2OC)cc1O. The Kier molecular flexibility index (Phi) is 4.18. The number of rotatable bonds is 4. The van der Waals surface area contributed by atoms with E-state index in [1.165, 1.54) is 26.4 Å². The molecule has 6 nitrogen and oxygen atoms in total. The summed E-state index contributed by atoms with van der Waals surface area (Å²) in [6, 6.07) is 9.32. The summed E-state index contributed by atoms with van der Waals surface area (Å²) in [7, 11) is 2.94. The second kappa shape index (κ2) is 6.04. The van der Waals surface area contributed by atoms with Crippen LogP contribution in [0.2, 0.25) is 0 Å². The Labute approximate surface area is 122 Å². The van der Waals surface area contributed by atoms with Crippen LogP contribution in [-0.4, -0.2) is 25.2 Å². The molecule has 0 aliphatic rings. The van der Waals surface area contributed by atoms with Gasteiger partial charge in [0.05, 0.1) is 19.9 Å². The van der Waals surface area contributed by atoms with Gasteiger partial charge in [0.1, 0.15) is 5.75 Å². The van der Waals surface area contributed by atoms with E-state index in [4.69, 9.17) is 15.2 Å². The topological polar surface area (TPSA) is 93.8 Å². The van der Waals surface area contributed by atoms with Crippen molar-refractivity contribution in [3.63, 3.8) is 0 Å². The standard InChI is InChI=1S/C15H16N2O4/c1-20-13-6-4-10(16)8-11(13)17-15(19)9-3-5-14(21-2)12(18)7-9/h3-8,18H,16H2,1-2H3,(H,17,19). The van der Waals surface area contributed by atoms with Crippen molar-refractivity contribution in [2.45, 2.75) is 0 Å². The summed E-state index contributed by atoms with van der Waals surface area (Å²) >= 11 is 0. The maximum atomic E-state index is 12.2. The van der Waals surface area contributed by atoms with Crippen LogP contribution in [0.5, 0.6) is 17.2 Å². The van der Waals surface area contributed by atoms with Gasteiger partial charge in [-0.05, 0) is 36.4 Å². The van der Waals surface area contributed by atoms with Crippen LogP contribution in [0.25, 0.3) is 0 Å². The molecule has 0 saturated heterocycles. The summed E-state index contributed by atoms with van der Waals surface area (Å²) in [6.07, 6.45) is 0. The molecule has 0 aliphatic carbocycles. The molecule has 21 heavy (non-hydrogen) atoms. The van der Waals surface area contributed by atoms with E-state index in [1.807, 2.05) is 0 Å². The molecule has 4 N–H and O–H groups in total. The minimum Gasteiger partial charge on any atom is -0.504 e. The number of nitrogens with two attached hydrogens (primary N) is 1. The molecule has 0 spiro atoms. The van der Waals surface area contributed by atoms with Crippen LogP contribution in [0.15, 0.2) is 36.4 Å². The Balaban J connectivity index is 2.26. The smallest absolute Gasteiger partial charge is 0.255 e. The Morgan fingerprint density at radius 1 is 1.10 bits per heavy atom. The third-order valence-electron chi connectivity index (χ3n) is 2.91. The molecule has 2 rings (SSSR count). The molecule has 0 heterocycles. The number of nitrogens with one attached hydrogen (secondary N) is 1. The number of ether oxygens (including phenoxy) is 2. The fraction of sp³-hybridized carbons (Fsp3) is 0.133. The monoisotopic (exact) mass is 288 g/mol. The second-order valence-electron chi connectivity index (χ2n) is 4.30. The molecule has 0 unspecified atom stereocenters. The highest BCUT2D eigenvalue weighted by Crippen LogP contribution is 2.29. The summed E-state index contributed by atoms with van der Waals surface area (Å²) in [5.41, 5.74) is 6.94. The number of amides is 1. The number of phenolic OH excluding ortho intramolecular Hbond substituents is 1. The largest absolute Gasteiger partial charge is 0.504 e. The van der Waals surface area contributed by atoms with Crippen LogP contribution >= 0.6 is 0 Å². The van der Waals surface area contributed by atoms with E-state index < -0.39 is 5.91 Å². The molecule has 0 radical (unpaired) electrons. The van der Waals surface area contributed by atoms with Gasteiger partial charge in [-0.2, -0.15) is 0 Å². The molecule has 0 aromatic heterocycles. The molecule has 0 aliphatic heterocycles. The molecule has 1 amide bonds. The van der Waals surface area contributed by atoms with Crippen LogP contribution in [-0.2, 0) is 0 Å². The van der Waals surface area contributed by atoms with Crippen molar-refractivity contribution in [3.05, 3.63) is 42.0 Å². The van der Waals surface area contributed by atoms with E-state index in [9.17, 15) is 9.90 Å². The number of methoxy groups -OCH3 is 2. The minimum atomic E-state index is -0.392. The van der Waals surface area contributed by atoms with Crippen molar-refractivity contribution in [1.29, 1.82) is 0 Å². The first-order chi connectivity index (χ1) is 10.0. The summed E-state index contributed by atoms with van der Waals surface area (Å²) in [5.74, 6) is 0.296. The maximum absolute atomic E-state index is 12.2. The number of benzene rings is 2. The predicted molar refractivity (Wildman–Crippen MR) is 80.0 cm³/mol. The Hall–Kier alpha value is -2.89. The van der Waals surface area contributed by atoms with E-state index in [0.717, 1.165) is 0 Å². The van der Waals surface area contributed by atoms with Crippen molar-refractivity contribution in [2.75, 3.05) is 25.3 Å². The van der Waals surface area contributed by atoms with Gasteiger partial charge in [0.15, 0.2) is 11.5 Å². The highest BCUT2D eigenvalue weighted by Gasteiger charge is 2.12. The molecule has 2 aromatic rings. The zero-order valence-electron chi connectivity index (χ0n) is 11.7. The number of phenols is 1. The quantitative estimate of drug-likeness (QED) is 0.750. The molecule has 0 fully saturated rings. The van der Waals surface area contributed by atoms with E-state index in [0.29, 0.717) is 22.9 Å². The molecule has 0 saturated carbocycles. The summed E-state index contributed by atoms with van der Waals surface area (Å²) in [4.78, 5) is 12.2. The lowest BCUT2D eigenvalue weighted by Crippen LogP contribution is -2.12. The van der Waals surface area contributed by atoms with E-state index in [-0.39, 0.29) is 11.3 Å². The zero-order chi connectivity index (χ0) is 15.4. The van der Waals surface area contributed by atoms with Gasteiger partial charge in [0.2, 0.25) is 0 Å². The van der Waals surface area contributed by atoms with Crippen LogP contribution < -0.4 is 20.5 Å². The average Bonchev–Trinajstić information content (AvgIpc) is 2.47. The Bertz CT molecular complexity index is 671. The van der Waals surface area contributed by atoms with Crippen LogP contribution in [0.1, 0.15) is 10.4 Å². The number of aromatic hydroxyl groups is 1. The summed E-state index contributed by atoms with van der Waals surface area (Å²) in [5, 5.41) is 12.4. The van der Waals surface area contributed by atoms with E-state index >= 15 is 0 Å². The Morgan fingerprint density at radius 3 is 2.38 bits per heavy atom. The number of hydrogen-bond acceptors (Lipinski definition) is 5. The van der Waals surface area contributed by atoms with Gasteiger partial charge in [-0.1, -0.05) is 0 Å². The summed E-state index contributed by atoms with van der Waals surface area (Å²) in [6.45, 7) is 0. The number of carbonyl (C=O) groups is 1. The Morgan fingerprint density at radius 2 is 1.76 bits per heavy atom. The molecule has 0 bridgehead atoms. The lowest BCUT2D eigenvalue weighted by Gasteiger charge is -2.11.